The Morgan fingerprint density at radius 2 is 1.97 bits per heavy atom. The van der Waals surface area contributed by atoms with Gasteiger partial charge in [0.15, 0.2) is 5.13 Å². The zero-order chi connectivity index (χ0) is 24.2. The highest BCUT2D eigenvalue weighted by atomic mass is 32.2. The normalized spacial score (nSPS) is 19.0. The van der Waals surface area contributed by atoms with Crippen LogP contribution in [0.1, 0.15) is 24.2 Å². The van der Waals surface area contributed by atoms with Crippen LogP contribution in [0.4, 0.5) is 10.9 Å². The van der Waals surface area contributed by atoms with Crippen LogP contribution in [0, 0.1) is 0 Å². The summed E-state index contributed by atoms with van der Waals surface area (Å²) in [6.07, 6.45) is 4.78. The topological polar surface area (TPSA) is 124 Å². The summed E-state index contributed by atoms with van der Waals surface area (Å²) in [6.45, 7) is 5.43. The first-order valence-corrected chi connectivity index (χ1v) is 13.1. The van der Waals surface area contributed by atoms with Crippen molar-refractivity contribution in [1.82, 2.24) is 19.3 Å². The highest BCUT2D eigenvalue weighted by Gasteiger charge is 2.23. The second-order valence-electron chi connectivity index (χ2n) is 8.00. The molecule has 3 aromatic rings. The van der Waals surface area contributed by atoms with Crippen LogP contribution in [0.2, 0.25) is 0 Å². The van der Waals surface area contributed by atoms with Crippen LogP contribution >= 0.6 is 11.3 Å². The fraction of sp³-hybridized carbons (Fsp3) is 0.364. The van der Waals surface area contributed by atoms with E-state index < -0.39 is 23.2 Å². The lowest BCUT2D eigenvalue weighted by Crippen LogP contribution is -2.45. The molecule has 34 heavy (non-hydrogen) atoms. The predicted molar refractivity (Wildman–Crippen MR) is 132 cm³/mol. The monoisotopic (exact) mass is 502 g/mol. The van der Waals surface area contributed by atoms with E-state index >= 15 is 0 Å². The largest absolute Gasteiger partial charge is 0.593 e. The van der Waals surface area contributed by atoms with Crippen LogP contribution in [0.3, 0.4) is 0 Å². The quantitative estimate of drug-likeness (QED) is 0.474. The molecule has 0 spiro atoms. The van der Waals surface area contributed by atoms with Gasteiger partial charge >= 0.3 is 0 Å². The van der Waals surface area contributed by atoms with Gasteiger partial charge in [-0.3, -0.25) is 9.59 Å². The van der Waals surface area contributed by atoms with Crippen LogP contribution in [0.15, 0.2) is 42.0 Å². The molecule has 3 unspecified atom stereocenters. The van der Waals surface area contributed by atoms with E-state index in [1.165, 1.54) is 27.8 Å². The Balaban J connectivity index is 1.34. The van der Waals surface area contributed by atoms with Crippen molar-refractivity contribution in [1.29, 1.82) is 0 Å². The highest BCUT2D eigenvalue weighted by Crippen LogP contribution is 2.26. The van der Waals surface area contributed by atoms with Crippen molar-refractivity contribution in [3.8, 4) is 11.4 Å². The van der Waals surface area contributed by atoms with Gasteiger partial charge in [0.1, 0.15) is 17.8 Å². The summed E-state index contributed by atoms with van der Waals surface area (Å²) in [5, 5.41) is 7.49. The average molecular weight is 503 g/mol. The summed E-state index contributed by atoms with van der Waals surface area (Å²) >= 11 is 0.0387. The van der Waals surface area contributed by atoms with E-state index in [2.05, 4.69) is 20.5 Å². The minimum Gasteiger partial charge on any atom is -0.593 e. The molecule has 4 heterocycles. The lowest BCUT2D eigenvalue weighted by atomic mass is 10.2. The summed E-state index contributed by atoms with van der Waals surface area (Å²) in [4.78, 5) is 35.9. The summed E-state index contributed by atoms with van der Waals surface area (Å²) < 4.78 is 18.7. The molecule has 0 aliphatic carbocycles. The number of morpholine rings is 1. The third-order valence-electron chi connectivity index (χ3n) is 5.13. The zero-order valence-corrected chi connectivity index (χ0v) is 20.7. The van der Waals surface area contributed by atoms with Crippen molar-refractivity contribution in [2.24, 2.45) is 0 Å². The number of hydrogen-bond acceptors (Lipinski definition) is 8. The van der Waals surface area contributed by atoms with Crippen LogP contribution in [-0.2, 0) is 20.9 Å². The molecule has 1 aliphatic rings. The molecule has 2 N–H and O–H groups in total. The Hall–Kier alpha value is -2.93. The minimum absolute atomic E-state index is 0.131. The standard InChI is InChI=1S/C22H26N6O4S2/c1-14-10-27(11-15(2)32-14)19-6-4-5-17(24-19)18-13-33-22(25-18)26-20(29)9-23-21(30)16-7-8-28(12-16)34(3)31/h4-8,12-15H,9-11H2,1-3H3,(H,23,30)(H,25,26,29). The molecule has 1 fully saturated rings. The first-order chi connectivity index (χ1) is 16.3. The zero-order valence-electron chi connectivity index (χ0n) is 19.1. The number of aromatic nitrogens is 3. The maximum absolute atomic E-state index is 12.3. The van der Waals surface area contributed by atoms with E-state index in [4.69, 9.17) is 9.72 Å². The third-order valence-corrected chi connectivity index (χ3v) is 6.71. The van der Waals surface area contributed by atoms with Gasteiger partial charge in [-0.25, -0.2) is 9.97 Å². The summed E-state index contributed by atoms with van der Waals surface area (Å²) in [6, 6.07) is 7.34. The fourth-order valence-electron chi connectivity index (χ4n) is 3.65. The lowest BCUT2D eigenvalue weighted by Gasteiger charge is -2.36. The van der Waals surface area contributed by atoms with Crippen LogP contribution in [0.5, 0.6) is 0 Å². The Morgan fingerprint density at radius 1 is 1.21 bits per heavy atom. The number of carbonyl (C=O) groups excluding carboxylic acids is 2. The van der Waals surface area contributed by atoms with Crippen molar-refractivity contribution < 1.29 is 18.9 Å². The number of rotatable bonds is 7. The van der Waals surface area contributed by atoms with E-state index in [9.17, 15) is 14.1 Å². The van der Waals surface area contributed by atoms with Crippen molar-refractivity contribution in [3.63, 3.8) is 0 Å². The van der Waals surface area contributed by atoms with Gasteiger partial charge in [0, 0.05) is 18.5 Å². The number of amides is 2. The number of carbonyl (C=O) groups is 2. The molecular formula is C22H26N6O4S2. The second kappa shape index (κ2) is 10.6. The number of nitrogens with zero attached hydrogens (tertiary/aromatic N) is 4. The van der Waals surface area contributed by atoms with Crippen molar-refractivity contribution in [2.75, 3.05) is 36.1 Å². The van der Waals surface area contributed by atoms with Gasteiger partial charge in [-0.2, -0.15) is 3.97 Å². The molecule has 0 bridgehead atoms. The number of pyridine rings is 1. The van der Waals surface area contributed by atoms with E-state index in [1.807, 2.05) is 37.4 Å². The van der Waals surface area contributed by atoms with Crippen LogP contribution in [0.25, 0.3) is 11.4 Å². The molecule has 1 aliphatic heterocycles. The highest BCUT2D eigenvalue weighted by molar-refractivity contribution is 7.89. The maximum atomic E-state index is 12.3. The number of ether oxygens (including phenoxy) is 1. The van der Waals surface area contributed by atoms with Crippen molar-refractivity contribution >= 4 is 45.5 Å². The van der Waals surface area contributed by atoms with Gasteiger partial charge in [0.25, 0.3) is 5.91 Å². The fourth-order valence-corrected chi connectivity index (χ4v) is 4.87. The average Bonchev–Trinajstić information content (AvgIpc) is 3.47. The van der Waals surface area contributed by atoms with Crippen LogP contribution in [-0.4, -0.2) is 68.4 Å². The van der Waals surface area contributed by atoms with Crippen LogP contribution < -0.4 is 15.5 Å². The second-order valence-corrected chi connectivity index (χ2v) is 10.1. The molecule has 3 atom stereocenters. The molecule has 1 saturated heterocycles. The SMILES string of the molecule is CC1CN(c2cccc(-c3csc(NC(=O)CNC(=O)c4ccn([S+](C)[O-])c4)n3)n2)CC(C)O1. The third kappa shape index (κ3) is 5.95. The summed E-state index contributed by atoms with van der Waals surface area (Å²) in [5.74, 6) is 0.0410. The maximum Gasteiger partial charge on any atom is 0.253 e. The molecular weight excluding hydrogens is 476 g/mol. The molecule has 0 radical (unpaired) electrons. The van der Waals surface area contributed by atoms with Gasteiger partial charge < -0.3 is 24.8 Å². The van der Waals surface area contributed by atoms with Gasteiger partial charge in [-0.1, -0.05) is 6.07 Å². The molecule has 0 aromatic carbocycles. The van der Waals surface area contributed by atoms with Gasteiger partial charge in [0.2, 0.25) is 5.91 Å². The molecule has 4 rings (SSSR count). The number of anilines is 2. The Bertz CT molecular complexity index is 1150. The first-order valence-electron chi connectivity index (χ1n) is 10.7. The Kier molecular flexibility index (Phi) is 7.51. The predicted octanol–water partition coefficient (Wildman–Crippen LogP) is 2.13. The summed E-state index contributed by atoms with van der Waals surface area (Å²) in [5.41, 5.74) is 1.70. The van der Waals surface area contributed by atoms with E-state index in [0.29, 0.717) is 22.1 Å². The molecule has 12 heteroatoms. The van der Waals surface area contributed by atoms with E-state index in [-0.39, 0.29) is 18.8 Å². The van der Waals surface area contributed by atoms with E-state index in [1.54, 1.807) is 12.3 Å². The first kappa shape index (κ1) is 24.2. The smallest absolute Gasteiger partial charge is 0.253 e. The molecule has 180 valence electrons. The minimum atomic E-state index is -1.25. The van der Waals surface area contributed by atoms with Gasteiger partial charge in [-0.15, -0.1) is 11.3 Å². The Labute approximate surface area is 204 Å². The molecule has 2 amide bonds. The van der Waals surface area contributed by atoms with Gasteiger partial charge in [-0.05, 0) is 32.0 Å². The Morgan fingerprint density at radius 3 is 2.68 bits per heavy atom. The van der Waals surface area contributed by atoms with Gasteiger partial charge in [0.05, 0.1) is 53.8 Å². The number of nitrogens with one attached hydrogen (secondary N) is 2. The van der Waals surface area contributed by atoms with Crippen molar-refractivity contribution in [2.45, 2.75) is 26.1 Å². The number of thiazole rings is 1. The van der Waals surface area contributed by atoms with Crippen molar-refractivity contribution in [3.05, 3.63) is 47.6 Å². The molecule has 3 aromatic heterocycles. The lowest BCUT2D eigenvalue weighted by molar-refractivity contribution is -0.115. The molecule has 10 nitrogen and oxygen atoms in total. The molecule has 0 saturated carbocycles. The summed E-state index contributed by atoms with van der Waals surface area (Å²) in [7, 11) is 0. The van der Waals surface area contributed by atoms with E-state index in [0.717, 1.165) is 18.9 Å². The number of hydrogen-bond donors (Lipinski definition) is 2.